The number of benzene rings is 2. The molecule has 1 heterocycles. The van der Waals surface area contributed by atoms with Gasteiger partial charge in [-0.1, -0.05) is 24.3 Å². The van der Waals surface area contributed by atoms with Gasteiger partial charge in [-0.2, -0.15) is 0 Å². The summed E-state index contributed by atoms with van der Waals surface area (Å²) in [6, 6.07) is 16.0. The van der Waals surface area contributed by atoms with Crippen molar-refractivity contribution < 1.29 is 14.3 Å². The summed E-state index contributed by atoms with van der Waals surface area (Å²) in [5.41, 5.74) is 1.98. The van der Waals surface area contributed by atoms with Crippen molar-refractivity contribution in [3.8, 4) is 0 Å². The van der Waals surface area contributed by atoms with E-state index < -0.39 is 5.97 Å². The molecular formula is C19H16N4O3. The van der Waals surface area contributed by atoms with Crippen LogP contribution >= 0.6 is 0 Å². The van der Waals surface area contributed by atoms with Gasteiger partial charge in [0.2, 0.25) is 5.95 Å². The number of anilines is 3. The zero-order valence-electron chi connectivity index (χ0n) is 14.0. The van der Waals surface area contributed by atoms with Crippen molar-refractivity contribution >= 4 is 29.2 Å². The van der Waals surface area contributed by atoms with Gasteiger partial charge >= 0.3 is 5.97 Å². The largest absolute Gasteiger partial charge is 0.465 e. The summed E-state index contributed by atoms with van der Waals surface area (Å²) in [6.07, 6.45) is 2.86. The number of hydrogen-bond donors (Lipinski definition) is 2. The van der Waals surface area contributed by atoms with Gasteiger partial charge < -0.3 is 15.4 Å². The van der Waals surface area contributed by atoms with Crippen molar-refractivity contribution in [2.45, 2.75) is 0 Å². The number of amides is 1. The smallest absolute Gasteiger partial charge is 0.337 e. The van der Waals surface area contributed by atoms with Crippen molar-refractivity contribution in [1.29, 1.82) is 0 Å². The number of rotatable bonds is 5. The van der Waals surface area contributed by atoms with Crippen molar-refractivity contribution in [2.75, 3.05) is 17.7 Å². The SMILES string of the molecule is COC(=O)c1cccc(NC(=O)c2cnc(Nc3ccccc3)nc2)c1. The van der Waals surface area contributed by atoms with Gasteiger partial charge in [0.25, 0.3) is 5.91 Å². The van der Waals surface area contributed by atoms with Crippen LogP contribution in [0.3, 0.4) is 0 Å². The molecular weight excluding hydrogens is 332 g/mol. The van der Waals surface area contributed by atoms with E-state index in [0.717, 1.165) is 5.69 Å². The van der Waals surface area contributed by atoms with Crippen LogP contribution in [0.2, 0.25) is 0 Å². The molecule has 2 aromatic carbocycles. The molecule has 1 amide bonds. The molecule has 0 aliphatic rings. The highest BCUT2D eigenvalue weighted by Crippen LogP contribution is 2.14. The van der Waals surface area contributed by atoms with E-state index in [1.165, 1.54) is 25.6 Å². The molecule has 0 atom stereocenters. The fourth-order valence-corrected chi connectivity index (χ4v) is 2.21. The molecule has 1 aromatic heterocycles. The van der Waals surface area contributed by atoms with E-state index in [9.17, 15) is 9.59 Å². The topological polar surface area (TPSA) is 93.2 Å². The van der Waals surface area contributed by atoms with Gasteiger partial charge in [0.15, 0.2) is 0 Å². The van der Waals surface area contributed by atoms with Crippen molar-refractivity contribution in [1.82, 2.24) is 9.97 Å². The number of carbonyl (C=O) groups excluding carboxylic acids is 2. The van der Waals surface area contributed by atoms with E-state index >= 15 is 0 Å². The van der Waals surface area contributed by atoms with Gasteiger partial charge in [-0.25, -0.2) is 14.8 Å². The van der Waals surface area contributed by atoms with Crippen LogP contribution in [0.15, 0.2) is 67.0 Å². The lowest BCUT2D eigenvalue weighted by Crippen LogP contribution is -2.13. The van der Waals surface area contributed by atoms with Gasteiger partial charge in [0.1, 0.15) is 0 Å². The first-order valence-electron chi connectivity index (χ1n) is 7.79. The van der Waals surface area contributed by atoms with Gasteiger partial charge in [-0.15, -0.1) is 0 Å². The Labute approximate surface area is 150 Å². The predicted octanol–water partition coefficient (Wildman–Crippen LogP) is 3.26. The third-order valence-corrected chi connectivity index (χ3v) is 3.49. The third kappa shape index (κ3) is 4.21. The number of hydrogen-bond acceptors (Lipinski definition) is 6. The van der Waals surface area contributed by atoms with Gasteiger partial charge in [-0.3, -0.25) is 4.79 Å². The summed E-state index contributed by atoms with van der Waals surface area (Å²) in [4.78, 5) is 32.1. The molecule has 3 rings (SSSR count). The number of nitrogens with one attached hydrogen (secondary N) is 2. The molecule has 0 aliphatic carbocycles. The summed E-state index contributed by atoms with van der Waals surface area (Å²) in [7, 11) is 1.30. The summed E-state index contributed by atoms with van der Waals surface area (Å²) < 4.78 is 4.66. The number of ether oxygens (including phenoxy) is 1. The molecule has 0 fully saturated rings. The van der Waals surface area contributed by atoms with E-state index in [-0.39, 0.29) is 5.91 Å². The van der Waals surface area contributed by atoms with E-state index in [4.69, 9.17) is 0 Å². The lowest BCUT2D eigenvalue weighted by Gasteiger charge is -2.07. The van der Waals surface area contributed by atoms with E-state index in [2.05, 4.69) is 25.3 Å². The average Bonchev–Trinajstić information content (AvgIpc) is 2.69. The molecule has 26 heavy (non-hydrogen) atoms. The summed E-state index contributed by atoms with van der Waals surface area (Å²) >= 11 is 0. The second-order valence-corrected chi connectivity index (χ2v) is 5.31. The number of nitrogens with zero attached hydrogens (tertiary/aromatic N) is 2. The first kappa shape index (κ1) is 17.1. The Morgan fingerprint density at radius 1 is 0.885 bits per heavy atom. The summed E-state index contributed by atoms with van der Waals surface area (Å²) in [6.45, 7) is 0. The minimum Gasteiger partial charge on any atom is -0.465 e. The average molecular weight is 348 g/mol. The molecule has 0 bridgehead atoms. The molecule has 7 nitrogen and oxygen atoms in total. The third-order valence-electron chi connectivity index (χ3n) is 3.49. The molecule has 0 saturated carbocycles. The molecule has 0 radical (unpaired) electrons. The maximum atomic E-state index is 12.3. The van der Waals surface area contributed by atoms with Crippen molar-refractivity contribution in [3.05, 3.63) is 78.1 Å². The Hall–Kier alpha value is -3.74. The van der Waals surface area contributed by atoms with Crippen LogP contribution in [0.4, 0.5) is 17.3 Å². The van der Waals surface area contributed by atoms with E-state index in [1.54, 1.807) is 18.2 Å². The summed E-state index contributed by atoms with van der Waals surface area (Å²) in [5, 5.41) is 5.74. The molecule has 0 aliphatic heterocycles. The molecule has 0 unspecified atom stereocenters. The fraction of sp³-hybridized carbons (Fsp3) is 0.0526. The second kappa shape index (κ2) is 7.89. The fourth-order valence-electron chi connectivity index (χ4n) is 2.21. The number of esters is 1. The highest BCUT2D eigenvalue weighted by molar-refractivity contribution is 6.04. The molecule has 0 spiro atoms. The van der Waals surface area contributed by atoms with Crippen LogP contribution in [0, 0.1) is 0 Å². The quantitative estimate of drug-likeness (QED) is 0.688. The van der Waals surface area contributed by atoms with Crippen molar-refractivity contribution in [3.63, 3.8) is 0 Å². The first-order chi connectivity index (χ1) is 12.7. The first-order valence-corrected chi connectivity index (χ1v) is 7.79. The van der Waals surface area contributed by atoms with Crippen LogP contribution in [0.1, 0.15) is 20.7 Å². The Bertz CT molecular complexity index is 912. The van der Waals surface area contributed by atoms with Crippen molar-refractivity contribution in [2.24, 2.45) is 0 Å². The minimum absolute atomic E-state index is 0.298. The van der Waals surface area contributed by atoms with E-state index in [1.807, 2.05) is 30.3 Å². The van der Waals surface area contributed by atoms with Crippen LogP contribution in [0.25, 0.3) is 0 Å². The minimum atomic E-state index is -0.472. The predicted molar refractivity (Wildman–Crippen MR) is 97.5 cm³/mol. The number of carbonyl (C=O) groups is 2. The summed E-state index contributed by atoms with van der Waals surface area (Å²) in [5.74, 6) is -0.459. The van der Waals surface area contributed by atoms with Gasteiger partial charge in [0, 0.05) is 23.8 Å². The zero-order valence-corrected chi connectivity index (χ0v) is 14.0. The molecule has 2 N–H and O–H groups in total. The Morgan fingerprint density at radius 3 is 2.27 bits per heavy atom. The highest BCUT2D eigenvalue weighted by atomic mass is 16.5. The zero-order chi connectivity index (χ0) is 18.4. The van der Waals surface area contributed by atoms with E-state index in [0.29, 0.717) is 22.8 Å². The lowest BCUT2D eigenvalue weighted by molar-refractivity contribution is 0.0600. The molecule has 3 aromatic rings. The maximum absolute atomic E-state index is 12.3. The second-order valence-electron chi connectivity index (χ2n) is 5.31. The van der Waals surface area contributed by atoms with Crippen LogP contribution < -0.4 is 10.6 Å². The Balaban J connectivity index is 1.68. The van der Waals surface area contributed by atoms with Gasteiger partial charge in [-0.05, 0) is 30.3 Å². The molecule has 0 saturated heterocycles. The van der Waals surface area contributed by atoms with Crippen LogP contribution in [-0.2, 0) is 4.74 Å². The highest BCUT2D eigenvalue weighted by Gasteiger charge is 2.10. The monoisotopic (exact) mass is 348 g/mol. The lowest BCUT2D eigenvalue weighted by atomic mass is 10.2. The number of para-hydroxylation sites is 1. The standard InChI is InChI=1S/C19H16N4O3/c1-26-18(25)13-6-5-9-16(10-13)22-17(24)14-11-20-19(21-12-14)23-15-7-3-2-4-8-15/h2-12H,1H3,(H,22,24)(H,20,21,23). The van der Waals surface area contributed by atoms with Crippen LogP contribution in [0.5, 0.6) is 0 Å². The van der Waals surface area contributed by atoms with Gasteiger partial charge in [0.05, 0.1) is 18.2 Å². The number of aromatic nitrogens is 2. The molecule has 7 heteroatoms. The van der Waals surface area contributed by atoms with Crippen LogP contribution in [-0.4, -0.2) is 29.0 Å². The normalized spacial score (nSPS) is 10.0. The molecule has 130 valence electrons. The maximum Gasteiger partial charge on any atom is 0.337 e. The Kier molecular flexibility index (Phi) is 5.19. The Morgan fingerprint density at radius 2 is 1.58 bits per heavy atom. The number of methoxy groups -OCH3 is 1.